The highest BCUT2D eigenvalue weighted by molar-refractivity contribution is 6.68. The molecule has 2 aromatic carbocycles. The lowest BCUT2D eigenvalue weighted by atomic mass is 10.0. The summed E-state index contributed by atoms with van der Waals surface area (Å²) in [6.45, 7) is 4.52. The third-order valence-corrected chi connectivity index (χ3v) is 10.5. The van der Waals surface area contributed by atoms with E-state index >= 15 is 0 Å². The van der Waals surface area contributed by atoms with E-state index in [1.165, 1.54) is 103 Å². The van der Waals surface area contributed by atoms with Gasteiger partial charge in [0, 0.05) is 12.1 Å². The van der Waals surface area contributed by atoms with Gasteiger partial charge in [0.05, 0.1) is 0 Å². The van der Waals surface area contributed by atoms with Crippen molar-refractivity contribution in [3.8, 4) is 11.5 Å². The molecule has 0 atom stereocenters. The fourth-order valence-electron chi connectivity index (χ4n) is 4.79. The van der Waals surface area contributed by atoms with Crippen LogP contribution in [-0.4, -0.2) is 8.56 Å². The summed E-state index contributed by atoms with van der Waals surface area (Å²) in [5, 5.41) is 0. The second-order valence-corrected chi connectivity index (χ2v) is 13.6. The number of hydrogen-bond donors (Lipinski definition) is 0. The van der Waals surface area contributed by atoms with Crippen molar-refractivity contribution in [2.45, 2.75) is 129 Å². The van der Waals surface area contributed by atoms with Crippen LogP contribution in [0.4, 0.5) is 0 Å². The van der Waals surface area contributed by atoms with Gasteiger partial charge in [-0.2, -0.15) is 0 Å². The van der Waals surface area contributed by atoms with Gasteiger partial charge in [-0.15, -0.1) is 0 Å². The average molecular weight is 497 g/mol. The second kappa shape index (κ2) is 19.4. The highest BCUT2D eigenvalue weighted by Crippen LogP contribution is 2.28. The first-order valence-corrected chi connectivity index (χ1v) is 17.0. The van der Waals surface area contributed by atoms with Gasteiger partial charge in [-0.05, 0) is 30.7 Å². The zero-order valence-electron chi connectivity index (χ0n) is 22.8. The molecule has 0 heterocycles. The molecule has 0 saturated carbocycles. The molecule has 0 bridgehead atoms. The Bertz CT molecular complexity index is 677. The molecule has 196 valence electrons. The number of rotatable bonds is 22. The van der Waals surface area contributed by atoms with Crippen molar-refractivity contribution < 1.29 is 8.85 Å². The van der Waals surface area contributed by atoms with Crippen LogP contribution in [0.1, 0.15) is 117 Å². The summed E-state index contributed by atoms with van der Waals surface area (Å²) < 4.78 is 13.2. The molecule has 2 rings (SSSR count). The van der Waals surface area contributed by atoms with E-state index < -0.39 is 8.56 Å². The molecule has 35 heavy (non-hydrogen) atoms. The summed E-state index contributed by atoms with van der Waals surface area (Å²) in [7, 11) is -2.36. The molecule has 0 aromatic heterocycles. The molecule has 0 unspecified atom stereocenters. The van der Waals surface area contributed by atoms with Gasteiger partial charge >= 0.3 is 8.56 Å². The van der Waals surface area contributed by atoms with Crippen molar-refractivity contribution in [1.82, 2.24) is 0 Å². The van der Waals surface area contributed by atoms with Crippen molar-refractivity contribution in [3.05, 3.63) is 60.7 Å². The van der Waals surface area contributed by atoms with Crippen LogP contribution in [0.15, 0.2) is 60.7 Å². The topological polar surface area (TPSA) is 18.5 Å². The predicted molar refractivity (Wildman–Crippen MR) is 155 cm³/mol. The number of benzene rings is 2. The summed E-state index contributed by atoms with van der Waals surface area (Å²) >= 11 is 0. The first-order chi connectivity index (χ1) is 17.3. The van der Waals surface area contributed by atoms with Crippen LogP contribution in [0.25, 0.3) is 0 Å². The quantitative estimate of drug-likeness (QED) is 0.119. The summed E-state index contributed by atoms with van der Waals surface area (Å²) in [5.74, 6) is 1.88. The Hall–Kier alpha value is -1.74. The molecule has 2 nitrogen and oxygen atoms in total. The van der Waals surface area contributed by atoms with Gasteiger partial charge in [-0.3, -0.25) is 0 Å². The Kier molecular flexibility index (Phi) is 16.4. The maximum absolute atomic E-state index is 6.60. The van der Waals surface area contributed by atoms with E-state index in [2.05, 4.69) is 38.1 Å². The number of para-hydroxylation sites is 2. The Morgan fingerprint density at radius 1 is 0.457 bits per heavy atom. The minimum Gasteiger partial charge on any atom is -0.512 e. The van der Waals surface area contributed by atoms with Gasteiger partial charge < -0.3 is 8.85 Å². The molecule has 0 radical (unpaired) electrons. The second-order valence-electron chi connectivity index (χ2n) is 10.1. The number of unbranched alkanes of at least 4 members (excludes halogenated alkanes) is 15. The maximum atomic E-state index is 6.60. The van der Waals surface area contributed by atoms with E-state index in [4.69, 9.17) is 8.85 Å². The molecular formula is C32H52O2Si. The average Bonchev–Trinajstić information content (AvgIpc) is 2.89. The molecular weight excluding hydrogens is 444 g/mol. The monoisotopic (exact) mass is 496 g/mol. The Morgan fingerprint density at radius 3 is 1.14 bits per heavy atom. The highest BCUT2D eigenvalue weighted by atomic mass is 28.4. The number of hydrogen-bond acceptors (Lipinski definition) is 2. The molecule has 0 amide bonds. The van der Waals surface area contributed by atoms with Crippen molar-refractivity contribution in [2.24, 2.45) is 0 Å². The summed E-state index contributed by atoms with van der Waals surface area (Å²) in [6.07, 6.45) is 22.3. The van der Waals surface area contributed by atoms with Crippen LogP contribution in [0, 0.1) is 0 Å². The van der Waals surface area contributed by atoms with Gasteiger partial charge in [0.25, 0.3) is 0 Å². The highest BCUT2D eigenvalue weighted by Gasteiger charge is 2.39. The van der Waals surface area contributed by atoms with E-state index in [-0.39, 0.29) is 0 Å². The fraction of sp³-hybridized carbons (Fsp3) is 0.625. The molecule has 0 aliphatic carbocycles. The summed E-state index contributed by atoms with van der Waals surface area (Å²) in [5.41, 5.74) is 0. The molecule has 0 fully saturated rings. The van der Waals surface area contributed by atoms with Crippen molar-refractivity contribution in [1.29, 1.82) is 0 Å². The third kappa shape index (κ3) is 13.8. The van der Waals surface area contributed by atoms with Crippen LogP contribution in [0.5, 0.6) is 11.5 Å². The largest absolute Gasteiger partial charge is 0.512 e. The molecule has 3 heteroatoms. The Labute approximate surface area is 218 Å². The van der Waals surface area contributed by atoms with Crippen LogP contribution < -0.4 is 8.85 Å². The van der Waals surface area contributed by atoms with E-state index in [1.54, 1.807) is 0 Å². The smallest absolute Gasteiger partial charge is 0.460 e. The standard InChI is InChI=1S/C32H52O2Si/c1-3-5-6-7-8-9-10-11-12-13-14-15-16-17-18-25-30-35(4-2,33-31-26-21-19-22-27-31)34-32-28-23-20-24-29-32/h19-24,26-29H,3-18,25,30H2,1-2H3. The fourth-order valence-corrected chi connectivity index (χ4v) is 7.60. The zero-order valence-corrected chi connectivity index (χ0v) is 23.8. The lowest BCUT2D eigenvalue weighted by Gasteiger charge is -2.31. The van der Waals surface area contributed by atoms with E-state index in [0.717, 1.165) is 23.6 Å². The predicted octanol–water partition coefficient (Wildman–Crippen LogP) is 10.9. The Morgan fingerprint density at radius 2 is 0.800 bits per heavy atom. The van der Waals surface area contributed by atoms with Crippen LogP contribution in [-0.2, 0) is 0 Å². The molecule has 0 N–H and O–H groups in total. The lowest BCUT2D eigenvalue weighted by molar-refractivity contribution is 0.375. The molecule has 0 aliphatic heterocycles. The first kappa shape index (κ1) is 29.5. The normalized spacial score (nSPS) is 11.5. The molecule has 0 spiro atoms. The maximum Gasteiger partial charge on any atom is 0.460 e. The Balaban J connectivity index is 1.58. The first-order valence-electron chi connectivity index (χ1n) is 14.8. The third-order valence-electron chi connectivity index (χ3n) is 7.04. The van der Waals surface area contributed by atoms with Crippen molar-refractivity contribution in [2.75, 3.05) is 0 Å². The van der Waals surface area contributed by atoms with Crippen molar-refractivity contribution in [3.63, 3.8) is 0 Å². The van der Waals surface area contributed by atoms with Gasteiger partial charge in [0.15, 0.2) is 0 Å². The van der Waals surface area contributed by atoms with Crippen LogP contribution >= 0.6 is 0 Å². The van der Waals surface area contributed by atoms with Crippen LogP contribution in [0.3, 0.4) is 0 Å². The minimum atomic E-state index is -2.36. The van der Waals surface area contributed by atoms with Crippen molar-refractivity contribution >= 4 is 8.56 Å². The van der Waals surface area contributed by atoms with Crippen LogP contribution in [0.2, 0.25) is 12.1 Å². The molecule has 2 aromatic rings. The van der Waals surface area contributed by atoms with E-state index in [1.807, 2.05) is 36.4 Å². The van der Waals surface area contributed by atoms with Gasteiger partial charge in [-0.25, -0.2) is 0 Å². The van der Waals surface area contributed by atoms with E-state index in [9.17, 15) is 0 Å². The minimum absolute atomic E-state index is 0.938. The summed E-state index contributed by atoms with van der Waals surface area (Å²) in [4.78, 5) is 0. The molecule has 0 saturated heterocycles. The SMILES string of the molecule is CCCCCCCCCCCCCCCCCC[Si](CC)(Oc1ccccc1)Oc1ccccc1. The molecule has 0 aliphatic rings. The van der Waals surface area contributed by atoms with Gasteiger partial charge in [0.1, 0.15) is 11.5 Å². The lowest BCUT2D eigenvalue weighted by Crippen LogP contribution is -2.47. The van der Waals surface area contributed by atoms with Gasteiger partial charge in [-0.1, -0.05) is 147 Å². The van der Waals surface area contributed by atoms with Gasteiger partial charge in [0.2, 0.25) is 0 Å². The zero-order chi connectivity index (χ0) is 24.9. The summed E-state index contributed by atoms with van der Waals surface area (Å²) in [6, 6.07) is 22.5. The van der Waals surface area contributed by atoms with E-state index in [0.29, 0.717) is 0 Å².